The Morgan fingerprint density at radius 2 is 0.798 bits per heavy atom. The Morgan fingerprint density at radius 1 is 0.440 bits per heavy atom. The van der Waals surface area contributed by atoms with Crippen molar-refractivity contribution in [2.75, 3.05) is 28.3 Å². The van der Waals surface area contributed by atoms with Crippen LogP contribution >= 0.6 is 68.8 Å². The van der Waals surface area contributed by atoms with Crippen molar-refractivity contribution in [3.05, 3.63) is 264 Å². The minimum absolute atomic E-state index is 0.0140. The lowest BCUT2D eigenvalue weighted by molar-refractivity contribution is 0.0599. The van der Waals surface area contributed by atoms with E-state index in [-0.39, 0.29) is 41.9 Å². The van der Waals surface area contributed by atoms with Gasteiger partial charge in [-0.1, -0.05) is 144 Å². The van der Waals surface area contributed by atoms with Gasteiger partial charge in [0.25, 0.3) is 17.7 Å². The van der Waals surface area contributed by atoms with Gasteiger partial charge in [-0.3, -0.25) is 19.4 Å². The van der Waals surface area contributed by atoms with Crippen LogP contribution in [0.5, 0.6) is 11.5 Å². The van der Waals surface area contributed by atoms with Crippen LogP contribution in [-0.2, 0) is 19.6 Å². The molecule has 12 aromatic rings. The number of benzene rings is 8. The van der Waals surface area contributed by atoms with Crippen molar-refractivity contribution in [3.63, 3.8) is 0 Å². The fraction of sp³-hybridized carbons (Fsp3) is 0.281. The Bertz CT molecular complexity index is 5270. The number of nitrogens with two attached hydrogens (primary N) is 1. The molecule has 3 saturated carbocycles. The number of carbonyl (C=O) groups excluding carboxylic acids is 3. The molecule has 109 heavy (non-hydrogen) atoms. The summed E-state index contributed by atoms with van der Waals surface area (Å²) in [5.41, 5.74) is 16.6. The number of hydrogen-bond acceptors (Lipinski definition) is 14. The number of nitriles is 2. The molecule has 4 aromatic heterocycles. The van der Waals surface area contributed by atoms with E-state index in [0.717, 1.165) is 169 Å². The van der Waals surface area contributed by atoms with E-state index in [9.17, 15) is 19.6 Å². The molecule has 0 atom stereocenters. The fourth-order valence-corrected chi connectivity index (χ4v) is 19.7. The minimum Gasteiger partial charge on any atom is -0.496 e. The van der Waals surface area contributed by atoms with Crippen molar-refractivity contribution in [2.45, 2.75) is 133 Å². The number of hydrogen-bond donors (Lipinski definition) is 3. The highest BCUT2D eigenvalue weighted by Gasteiger charge is 2.35. The smallest absolute Gasteiger partial charge is 0.266 e. The number of fused-ring (bicyclic) bond motifs is 3. The highest BCUT2D eigenvalue weighted by molar-refractivity contribution is 7.22. The van der Waals surface area contributed by atoms with Gasteiger partial charge in [-0.05, 0) is 215 Å². The fourth-order valence-electron chi connectivity index (χ4n) is 15.3. The second-order valence-electron chi connectivity index (χ2n) is 28.1. The molecule has 4 N–H and O–H groups in total. The number of methoxy groups -OCH3 is 2. The maximum Gasteiger partial charge on any atom is 0.266 e. The van der Waals surface area contributed by atoms with Gasteiger partial charge >= 0.3 is 0 Å². The summed E-state index contributed by atoms with van der Waals surface area (Å²) in [7, 11) is 7.33. The van der Waals surface area contributed by atoms with E-state index in [1.165, 1.54) is 34.0 Å². The molecule has 8 aromatic carbocycles. The molecule has 0 radical (unpaired) electrons. The molecule has 556 valence electrons. The molecular weight excluding hydrogens is 1480 g/mol. The first-order valence-electron chi connectivity index (χ1n) is 37.0. The molecule has 14 nitrogen and oxygen atoms in total. The average Bonchev–Trinajstić information content (AvgIpc) is 1.73. The molecule has 0 unspecified atom stereocenters. The van der Waals surface area contributed by atoms with Crippen LogP contribution in [0.4, 0.5) is 0 Å². The van der Waals surface area contributed by atoms with Crippen LogP contribution in [0, 0.1) is 22.7 Å². The van der Waals surface area contributed by atoms with E-state index in [1.54, 1.807) is 38.5 Å². The largest absolute Gasteiger partial charge is 0.496 e. The van der Waals surface area contributed by atoms with Gasteiger partial charge in [-0.2, -0.15) is 10.5 Å². The zero-order valence-corrected chi connectivity index (χ0v) is 66.1. The van der Waals surface area contributed by atoms with E-state index in [0.29, 0.717) is 72.5 Å². The summed E-state index contributed by atoms with van der Waals surface area (Å²) in [6, 6.07) is 69.2. The van der Waals surface area contributed by atoms with Crippen molar-refractivity contribution in [2.24, 2.45) is 5.73 Å². The van der Waals surface area contributed by atoms with Crippen molar-refractivity contribution in [3.8, 4) is 57.0 Å². The normalized spacial score (nSPS) is 17.6. The number of amides is 3. The number of ether oxygens (including phenoxy) is 2. The van der Waals surface area contributed by atoms with E-state index in [1.807, 2.05) is 170 Å². The highest BCUT2D eigenvalue weighted by atomic mass is 35.5. The SMILES string of the molecule is CNC1CCC(N(Cc2ccc(OC)c(-c3ccc(C#N)cc3)c2)C(=O)c2sc3ccccc3c2Cl)CC1.CNC1CCC(N(Cc2cccc(-c3ccncc3)c2)C(=O)c2sc3ccccc3c2Cl)CC1.COc1ccc(CN(C(=O)c2sc3ccccc3c2Cl)C2CCC(N)CC2)cc1-c1ccc(C#N)cc1. The Labute approximate surface area is 664 Å². The number of halogens is 3. The second-order valence-corrected chi connectivity index (χ2v) is 32.4. The molecule has 0 spiro atoms. The minimum atomic E-state index is -0.0394. The standard InChI is InChI=1S/C31H30ClN3O2S.C30H28ClN3O2S.C28H28ClN3OS/c1-34-23-12-14-24(15-13-23)35(31(36)30-29(32)25-5-3-4-6-28(25)38-30)19-21-9-16-27(37-2)26(17-21)22-10-7-20(18-33)8-11-22;1-36-26-15-8-20(16-25(26)21-9-6-19(17-32)7-10-21)18-34(23-13-11-22(33)12-14-23)30(35)29-28(31)24-4-2-3-5-27(24)37-29;1-30-22-9-11-23(12-10-22)32(28(33)27-26(29)24-7-2-3-8-25(24)34-27)18-19-5-4-6-21(17-19)20-13-15-31-16-14-20/h3-11,16-17,23-24,34H,12-15,19H2,1-2H3;2-10,15-16,22-23H,11-14,18,33H2,1H3;2-8,13-17,22-23,30H,9-12,18H2,1H3. The van der Waals surface area contributed by atoms with E-state index < -0.39 is 0 Å². The molecule has 3 aliphatic rings. The monoisotopic (exact) mass is 1560 g/mol. The first kappa shape index (κ1) is 77.7. The zero-order chi connectivity index (χ0) is 76.1. The molecule has 3 aliphatic carbocycles. The molecule has 0 bridgehead atoms. The molecule has 20 heteroatoms. The third-order valence-corrected chi connectivity index (χ3v) is 26.4. The van der Waals surface area contributed by atoms with Crippen LogP contribution in [0.15, 0.2) is 207 Å². The molecular formula is C89H86Cl3N9O5S3. The maximum absolute atomic E-state index is 14.1. The second kappa shape index (κ2) is 36.4. The molecule has 3 fully saturated rings. The number of carbonyl (C=O) groups is 3. The number of nitrogens with zero attached hydrogens (tertiary/aromatic N) is 6. The van der Waals surface area contributed by atoms with Crippen LogP contribution in [0.25, 0.3) is 63.6 Å². The molecule has 0 saturated heterocycles. The first-order chi connectivity index (χ1) is 53.1. The Balaban J connectivity index is 0.000000144. The summed E-state index contributed by atoms with van der Waals surface area (Å²) in [6.45, 7) is 1.50. The Morgan fingerprint density at radius 3 is 1.15 bits per heavy atom. The zero-order valence-electron chi connectivity index (χ0n) is 61.4. The number of nitrogens with one attached hydrogen (secondary N) is 2. The van der Waals surface area contributed by atoms with Gasteiger partial charge in [0.2, 0.25) is 0 Å². The molecule has 3 amide bonds. The Kier molecular flexibility index (Phi) is 25.9. The third-order valence-electron chi connectivity index (χ3n) is 21.4. The van der Waals surface area contributed by atoms with Gasteiger partial charge in [-0.15, -0.1) is 34.0 Å². The Hall–Kier alpha value is -9.47. The lowest BCUT2D eigenvalue weighted by Crippen LogP contribution is -2.44. The lowest BCUT2D eigenvalue weighted by Gasteiger charge is -2.37. The van der Waals surface area contributed by atoms with Gasteiger partial charge in [0.05, 0.1) is 52.6 Å². The van der Waals surface area contributed by atoms with Gasteiger partial charge < -0.3 is 40.5 Å². The van der Waals surface area contributed by atoms with Crippen LogP contribution in [-0.4, -0.2) is 102 Å². The van der Waals surface area contributed by atoms with Crippen LogP contribution in [0.1, 0.15) is 134 Å². The van der Waals surface area contributed by atoms with Crippen molar-refractivity contribution < 1.29 is 23.9 Å². The highest BCUT2D eigenvalue weighted by Crippen LogP contribution is 2.43. The van der Waals surface area contributed by atoms with Gasteiger partial charge in [0, 0.05) is 110 Å². The molecule has 4 heterocycles. The summed E-state index contributed by atoms with van der Waals surface area (Å²) in [5, 5.41) is 29.6. The number of pyridine rings is 1. The quantitative estimate of drug-likeness (QED) is 0.0698. The summed E-state index contributed by atoms with van der Waals surface area (Å²) >= 11 is 24.7. The van der Waals surface area contributed by atoms with Crippen LogP contribution in [0.2, 0.25) is 15.1 Å². The van der Waals surface area contributed by atoms with Crippen LogP contribution < -0.4 is 25.8 Å². The predicted molar refractivity (Wildman–Crippen MR) is 447 cm³/mol. The lowest BCUT2D eigenvalue weighted by atomic mass is 9.89. The summed E-state index contributed by atoms with van der Waals surface area (Å²) < 4.78 is 14.4. The van der Waals surface area contributed by atoms with Gasteiger partial charge in [0.15, 0.2) is 0 Å². The summed E-state index contributed by atoms with van der Waals surface area (Å²) in [5.74, 6) is 1.47. The average molecular weight is 1560 g/mol. The van der Waals surface area contributed by atoms with Crippen molar-refractivity contribution >= 4 is 117 Å². The first-order valence-corrected chi connectivity index (χ1v) is 40.6. The number of rotatable bonds is 19. The molecule has 15 rings (SSSR count). The third kappa shape index (κ3) is 18.1. The summed E-state index contributed by atoms with van der Waals surface area (Å²) in [4.78, 5) is 54.1. The van der Waals surface area contributed by atoms with E-state index >= 15 is 0 Å². The van der Waals surface area contributed by atoms with Gasteiger partial charge in [-0.25, -0.2) is 0 Å². The van der Waals surface area contributed by atoms with Crippen molar-refractivity contribution in [1.82, 2.24) is 30.3 Å². The maximum atomic E-state index is 14.1. The van der Waals surface area contributed by atoms with E-state index in [2.05, 4.69) is 69.1 Å². The van der Waals surface area contributed by atoms with Crippen molar-refractivity contribution in [1.29, 1.82) is 10.5 Å². The summed E-state index contributed by atoms with van der Waals surface area (Å²) in [6.07, 6.45) is 15.2. The topological polar surface area (TPSA) is 190 Å². The number of aromatic nitrogens is 1. The number of thiophene rings is 3. The van der Waals surface area contributed by atoms with Gasteiger partial charge in [0.1, 0.15) is 26.1 Å². The van der Waals surface area contributed by atoms with E-state index in [4.69, 9.17) is 55.3 Å². The van der Waals surface area contributed by atoms with Crippen LogP contribution in [0.3, 0.4) is 0 Å². The predicted octanol–water partition coefficient (Wildman–Crippen LogP) is 21.1. The molecule has 0 aliphatic heterocycles.